The van der Waals surface area contributed by atoms with Gasteiger partial charge in [0.15, 0.2) is 0 Å². The van der Waals surface area contributed by atoms with Gasteiger partial charge in [0.25, 0.3) is 15.9 Å². The molecular formula is C22H30N4O6S. The number of rotatable bonds is 10. The van der Waals surface area contributed by atoms with Crippen LogP contribution in [0.1, 0.15) is 10.4 Å². The highest BCUT2D eigenvalue weighted by molar-refractivity contribution is 7.92. The van der Waals surface area contributed by atoms with Gasteiger partial charge in [0, 0.05) is 51.5 Å². The fourth-order valence-electron chi connectivity index (χ4n) is 3.50. The van der Waals surface area contributed by atoms with Crippen LogP contribution in [0.2, 0.25) is 0 Å². The number of methoxy groups -OCH3 is 3. The third kappa shape index (κ3) is 6.06. The number of hydrogen-bond donors (Lipinski definition) is 3. The van der Waals surface area contributed by atoms with E-state index in [2.05, 4.69) is 20.3 Å². The zero-order chi connectivity index (χ0) is 23.8. The maximum absolute atomic E-state index is 13.4. The number of ether oxygens (including phenoxy) is 3. The molecule has 33 heavy (non-hydrogen) atoms. The van der Waals surface area contributed by atoms with E-state index in [0.29, 0.717) is 48.9 Å². The standard InChI is InChI=1S/C22H30N4O6S/c1-30-13-10-24-22(27)16-4-6-19(26-11-8-23-9-12-26)18(14-16)25-33(28,29)21-15-17(31-2)5-7-20(21)32-3/h4-7,14-15,23,25H,8-13H2,1-3H3,(H,24,27). The summed E-state index contributed by atoms with van der Waals surface area (Å²) >= 11 is 0. The highest BCUT2D eigenvalue weighted by atomic mass is 32.2. The van der Waals surface area contributed by atoms with Gasteiger partial charge >= 0.3 is 0 Å². The van der Waals surface area contributed by atoms with Crippen molar-refractivity contribution in [2.24, 2.45) is 0 Å². The number of amides is 1. The number of nitrogens with one attached hydrogen (secondary N) is 3. The van der Waals surface area contributed by atoms with Gasteiger partial charge in [0.05, 0.1) is 32.2 Å². The van der Waals surface area contributed by atoms with Crippen LogP contribution in [0.5, 0.6) is 11.5 Å². The van der Waals surface area contributed by atoms with Gasteiger partial charge < -0.3 is 29.7 Å². The molecule has 2 aromatic rings. The summed E-state index contributed by atoms with van der Waals surface area (Å²) < 4.78 is 44.8. The average Bonchev–Trinajstić information content (AvgIpc) is 2.84. The molecule has 10 nitrogen and oxygen atoms in total. The molecule has 1 aliphatic rings. The Labute approximate surface area is 194 Å². The average molecular weight is 479 g/mol. The molecule has 2 aromatic carbocycles. The summed E-state index contributed by atoms with van der Waals surface area (Å²) in [5.74, 6) is 0.239. The number of sulfonamides is 1. The van der Waals surface area contributed by atoms with Crippen molar-refractivity contribution < 1.29 is 27.4 Å². The molecule has 3 rings (SSSR count). The van der Waals surface area contributed by atoms with E-state index in [1.165, 1.54) is 26.4 Å². The Bertz CT molecular complexity index is 1070. The lowest BCUT2D eigenvalue weighted by Crippen LogP contribution is -2.43. The van der Waals surface area contributed by atoms with Crippen LogP contribution in [0.15, 0.2) is 41.3 Å². The molecule has 0 aromatic heterocycles. The largest absolute Gasteiger partial charge is 0.497 e. The van der Waals surface area contributed by atoms with E-state index in [1.54, 1.807) is 31.4 Å². The normalized spacial score (nSPS) is 14.0. The third-order valence-electron chi connectivity index (χ3n) is 5.21. The summed E-state index contributed by atoms with van der Waals surface area (Å²) in [5.41, 5.74) is 1.33. The van der Waals surface area contributed by atoms with Crippen molar-refractivity contribution in [3.63, 3.8) is 0 Å². The van der Waals surface area contributed by atoms with E-state index in [-0.39, 0.29) is 16.6 Å². The van der Waals surface area contributed by atoms with Crippen molar-refractivity contribution in [1.29, 1.82) is 0 Å². The Balaban J connectivity index is 1.99. The number of benzene rings is 2. The number of anilines is 2. The Morgan fingerprint density at radius 1 is 1.06 bits per heavy atom. The van der Waals surface area contributed by atoms with Gasteiger partial charge in [-0.25, -0.2) is 8.42 Å². The first kappa shape index (κ1) is 24.6. The van der Waals surface area contributed by atoms with Crippen molar-refractivity contribution >= 4 is 27.3 Å². The molecule has 3 N–H and O–H groups in total. The van der Waals surface area contributed by atoms with Crippen LogP contribution in [0, 0.1) is 0 Å². The summed E-state index contributed by atoms with van der Waals surface area (Å²) in [5, 5.41) is 6.03. The quantitative estimate of drug-likeness (QED) is 0.437. The lowest BCUT2D eigenvalue weighted by molar-refractivity contribution is 0.0937. The van der Waals surface area contributed by atoms with Crippen LogP contribution >= 0.6 is 0 Å². The Morgan fingerprint density at radius 3 is 2.48 bits per heavy atom. The predicted molar refractivity (Wildman–Crippen MR) is 126 cm³/mol. The fourth-order valence-corrected chi connectivity index (χ4v) is 4.75. The Kier molecular flexibility index (Phi) is 8.37. The highest BCUT2D eigenvalue weighted by Crippen LogP contribution is 2.33. The first-order chi connectivity index (χ1) is 15.9. The van der Waals surface area contributed by atoms with Gasteiger partial charge in [-0.05, 0) is 30.3 Å². The zero-order valence-corrected chi connectivity index (χ0v) is 19.8. The smallest absolute Gasteiger partial charge is 0.265 e. The minimum absolute atomic E-state index is 0.0643. The maximum atomic E-state index is 13.4. The van der Waals surface area contributed by atoms with Crippen molar-refractivity contribution in [3.8, 4) is 11.5 Å². The molecule has 1 heterocycles. The van der Waals surface area contributed by atoms with E-state index in [1.807, 2.05) is 0 Å². The molecule has 1 fully saturated rings. The lowest BCUT2D eigenvalue weighted by atomic mass is 10.1. The van der Waals surface area contributed by atoms with E-state index >= 15 is 0 Å². The summed E-state index contributed by atoms with van der Waals surface area (Å²) in [6.45, 7) is 3.67. The SMILES string of the molecule is COCCNC(=O)c1ccc(N2CCNCC2)c(NS(=O)(=O)c2cc(OC)ccc2OC)c1. The molecule has 0 unspecified atom stereocenters. The van der Waals surface area contributed by atoms with Gasteiger partial charge in [0.1, 0.15) is 16.4 Å². The van der Waals surface area contributed by atoms with Gasteiger partial charge in [-0.2, -0.15) is 0 Å². The molecule has 1 saturated heterocycles. The Hall–Kier alpha value is -3.02. The molecular weight excluding hydrogens is 448 g/mol. The van der Waals surface area contributed by atoms with Crippen LogP contribution in [-0.4, -0.2) is 75.0 Å². The Morgan fingerprint density at radius 2 is 1.82 bits per heavy atom. The number of nitrogens with zero attached hydrogens (tertiary/aromatic N) is 1. The second-order valence-corrected chi connectivity index (χ2v) is 8.99. The number of piperazine rings is 1. The van der Waals surface area contributed by atoms with Gasteiger partial charge in [-0.3, -0.25) is 9.52 Å². The maximum Gasteiger partial charge on any atom is 0.265 e. The monoisotopic (exact) mass is 478 g/mol. The van der Waals surface area contributed by atoms with Crippen LogP contribution in [0.25, 0.3) is 0 Å². The molecule has 0 radical (unpaired) electrons. The minimum Gasteiger partial charge on any atom is -0.497 e. The number of hydrogen-bond acceptors (Lipinski definition) is 8. The van der Waals surface area contributed by atoms with E-state index < -0.39 is 10.0 Å². The van der Waals surface area contributed by atoms with Crippen molar-refractivity contribution in [2.75, 3.05) is 70.3 Å². The van der Waals surface area contributed by atoms with Crippen LogP contribution in [0.3, 0.4) is 0 Å². The molecule has 0 aliphatic carbocycles. The second-order valence-electron chi connectivity index (χ2n) is 7.34. The second kappa shape index (κ2) is 11.2. The first-order valence-electron chi connectivity index (χ1n) is 10.5. The van der Waals surface area contributed by atoms with Gasteiger partial charge in [-0.15, -0.1) is 0 Å². The highest BCUT2D eigenvalue weighted by Gasteiger charge is 2.24. The molecule has 0 bridgehead atoms. The molecule has 0 atom stereocenters. The fraction of sp³-hybridized carbons (Fsp3) is 0.409. The molecule has 1 aliphatic heterocycles. The van der Waals surface area contributed by atoms with Crippen LogP contribution in [0.4, 0.5) is 11.4 Å². The minimum atomic E-state index is -4.06. The summed E-state index contributed by atoms with van der Waals surface area (Å²) in [4.78, 5) is 14.6. The summed E-state index contributed by atoms with van der Waals surface area (Å²) in [7, 11) is 0.346. The third-order valence-corrected chi connectivity index (χ3v) is 6.60. The van der Waals surface area contributed by atoms with Crippen molar-refractivity contribution in [3.05, 3.63) is 42.0 Å². The molecule has 180 valence electrons. The van der Waals surface area contributed by atoms with Crippen molar-refractivity contribution in [2.45, 2.75) is 4.90 Å². The number of carbonyl (C=O) groups excluding carboxylic acids is 1. The molecule has 11 heteroatoms. The molecule has 0 saturated carbocycles. The first-order valence-corrected chi connectivity index (χ1v) is 12.0. The summed E-state index contributed by atoms with van der Waals surface area (Å²) in [6.07, 6.45) is 0. The van der Waals surface area contributed by atoms with Crippen LogP contribution < -0.4 is 29.7 Å². The van der Waals surface area contributed by atoms with Crippen molar-refractivity contribution in [1.82, 2.24) is 10.6 Å². The topological polar surface area (TPSA) is 118 Å². The predicted octanol–water partition coefficient (Wildman–Crippen LogP) is 1.29. The molecule has 1 amide bonds. The number of carbonyl (C=O) groups is 1. The van der Waals surface area contributed by atoms with Gasteiger partial charge in [0.2, 0.25) is 0 Å². The molecule has 0 spiro atoms. The zero-order valence-electron chi connectivity index (χ0n) is 19.0. The van der Waals surface area contributed by atoms with Gasteiger partial charge in [-0.1, -0.05) is 0 Å². The van der Waals surface area contributed by atoms with E-state index in [0.717, 1.165) is 13.1 Å². The van der Waals surface area contributed by atoms with Crippen LogP contribution in [-0.2, 0) is 14.8 Å². The summed E-state index contributed by atoms with van der Waals surface area (Å²) in [6, 6.07) is 9.54. The van der Waals surface area contributed by atoms with E-state index in [9.17, 15) is 13.2 Å². The van der Waals surface area contributed by atoms with E-state index in [4.69, 9.17) is 14.2 Å². The lowest BCUT2D eigenvalue weighted by Gasteiger charge is -2.31.